The molecule has 24 heavy (non-hydrogen) atoms. The van der Waals surface area contributed by atoms with Crippen LogP contribution in [0.2, 0.25) is 5.02 Å². The molecule has 0 fully saturated rings. The minimum atomic E-state index is 0.0167. The Morgan fingerprint density at radius 3 is 2.54 bits per heavy atom. The lowest BCUT2D eigenvalue weighted by Gasteiger charge is -2.10. The van der Waals surface area contributed by atoms with E-state index in [9.17, 15) is 4.79 Å². The summed E-state index contributed by atoms with van der Waals surface area (Å²) in [5.41, 5.74) is 3.25. The predicted molar refractivity (Wildman–Crippen MR) is 105 cm³/mol. The highest BCUT2D eigenvalue weighted by atomic mass is 35.5. The Morgan fingerprint density at radius 2 is 1.88 bits per heavy atom. The summed E-state index contributed by atoms with van der Waals surface area (Å²) < 4.78 is 0. The summed E-state index contributed by atoms with van der Waals surface area (Å²) in [5.74, 6) is 1.22. The topological polar surface area (TPSA) is 32.3 Å². The monoisotopic (exact) mass is 362 g/mol. The first kappa shape index (κ1) is 18.8. The fraction of sp³-hybridized carbons (Fsp3) is 0.316. The van der Waals surface area contributed by atoms with Gasteiger partial charge in [0.25, 0.3) is 0 Å². The van der Waals surface area contributed by atoms with Crippen LogP contribution in [-0.4, -0.2) is 37.2 Å². The maximum Gasteiger partial charge on any atom is 0.234 e. The van der Waals surface area contributed by atoms with Gasteiger partial charge in [-0.15, -0.1) is 11.8 Å². The smallest absolute Gasteiger partial charge is 0.234 e. The van der Waals surface area contributed by atoms with E-state index in [1.165, 1.54) is 5.56 Å². The maximum absolute atomic E-state index is 12.0. The summed E-state index contributed by atoms with van der Waals surface area (Å²) in [4.78, 5) is 14.2. The van der Waals surface area contributed by atoms with Gasteiger partial charge in [-0.3, -0.25) is 4.79 Å². The van der Waals surface area contributed by atoms with E-state index < -0.39 is 0 Å². The predicted octanol–water partition coefficient (Wildman–Crippen LogP) is 4.32. The molecule has 3 nitrogen and oxygen atoms in total. The molecular weight excluding hydrogens is 340 g/mol. The Bertz CT molecular complexity index is 659. The average molecular weight is 363 g/mol. The molecule has 0 unspecified atom stereocenters. The zero-order valence-corrected chi connectivity index (χ0v) is 15.7. The second-order valence-corrected chi connectivity index (χ2v) is 7.34. The number of benzene rings is 2. The molecule has 2 aromatic carbocycles. The summed E-state index contributed by atoms with van der Waals surface area (Å²) in [6.45, 7) is 1.02. The standard InChI is InChI=1S/C19H23ClN2OS/c1-22(2)11-10-15-6-8-18(9-7-15)21-19(23)14-24-13-16-4-3-5-17(20)12-16/h3-9,12H,10-11,13-14H2,1-2H3,(H,21,23). The van der Waals surface area contributed by atoms with E-state index in [4.69, 9.17) is 11.6 Å². The number of hydrogen-bond acceptors (Lipinski definition) is 3. The van der Waals surface area contributed by atoms with Crippen LogP contribution in [-0.2, 0) is 17.0 Å². The lowest BCUT2D eigenvalue weighted by Crippen LogP contribution is -2.15. The van der Waals surface area contributed by atoms with Crippen molar-refractivity contribution in [3.8, 4) is 0 Å². The normalized spacial score (nSPS) is 10.8. The van der Waals surface area contributed by atoms with Crippen LogP contribution in [0.3, 0.4) is 0 Å². The average Bonchev–Trinajstić information content (AvgIpc) is 2.54. The number of anilines is 1. The van der Waals surface area contributed by atoms with E-state index in [0.717, 1.165) is 35.0 Å². The van der Waals surface area contributed by atoms with E-state index in [1.807, 2.05) is 36.4 Å². The number of carbonyl (C=O) groups is 1. The van der Waals surface area contributed by atoms with Crippen LogP contribution in [0.15, 0.2) is 48.5 Å². The molecule has 0 aliphatic carbocycles. The molecule has 0 atom stereocenters. The second-order valence-electron chi connectivity index (χ2n) is 5.92. The van der Waals surface area contributed by atoms with Gasteiger partial charge in [-0.25, -0.2) is 0 Å². The summed E-state index contributed by atoms with van der Waals surface area (Å²) in [6.07, 6.45) is 1.01. The molecule has 0 bridgehead atoms. The number of rotatable bonds is 8. The van der Waals surface area contributed by atoms with E-state index >= 15 is 0 Å². The van der Waals surface area contributed by atoms with Crippen LogP contribution < -0.4 is 5.32 Å². The van der Waals surface area contributed by atoms with Crippen molar-refractivity contribution in [2.24, 2.45) is 0 Å². The highest BCUT2D eigenvalue weighted by Crippen LogP contribution is 2.17. The lowest BCUT2D eigenvalue weighted by atomic mass is 10.1. The molecule has 0 saturated heterocycles. The highest BCUT2D eigenvalue weighted by Gasteiger charge is 2.04. The van der Waals surface area contributed by atoms with Crippen molar-refractivity contribution < 1.29 is 4.79 Å². The van der Waals surface area contributed by atoms with Crippen molar-refractivity contribution in [3.05, 3.63) is 64.7 Å². The van der Waals surface area contributed by atoms with E-state index in [-0.39, 0.29) is 5.91 Å². The fourth-order valence-electron chi connectivity index (χ4n) is 2.19. The van der Waals surface area contributed by atoms with Crippen molar-refractivity contribution in [3.63, 3.8) is 0 Å². The van der Waals surface area contributed by atoms with E-state index in [1.54, 1.807) is 11.8 Å². The molecule has 0 heterocycles. The van der Waals surface area contributed by atoms with Crippen molar-refractivity contribution in [1.29, 1.82) is 0 Å². The van der Waals surface area contributed by atoms with Crippen LogP contribution in [0, 0.1) is 0 Å². The Kier molecular flexibility index (Phi) is 7.63. The quantitative estimate of drug-likeness (QED) is 0.759. The van der Waals surface area contributed by atoms with Gasteiger partial charge in [-0.2, -0.15) is 0 Å². The third kappa shape index (κ3) is 6.95. The molecule has 1 N–H and O–H groups in total. The molecule has 2 aromatic rings. The fourth-order valence-corrected chi connectivity index (χ4v) is 3.18. The van der Waals surface area contributed by atoms with E-state index in [0.29, 0.717) is 5.75 Å². The van der Waals surface area contributed by atoms with E-state index in [2.05, 4.69) is 36.4 Å². The molecule has 128 valence electrons. The van der Waals surface area contributed by atoms with Crippen molar-refractivity contribution in [1.82, 2.24) is 4.90 Å². The van der Waals surface area contributed by atoms with Gasteiger partial charge < -0.3 is 10.2 Å². The summed E-state index contributed by atoms with van der Waals surface area (Å²) in [5, 5.41) is 3.66. The van der Waals surface area contributed by atoms with Crippen LogP contribution in [0.5, 0.6) is 0 Å². The van der Waals surface area contributed by atoms with Crippen LogP contribution in [0.1, 0.15) is 11.1 Å². The molecule has 2 rings (SSSR count). The highest BCUT2D eigenvalue weighted by molar-refractivity contribution is 7.99. The number of amides is 1. The number of likely N-dealkylation sites (N-methyl/N-ethyl adjacent to an activating group) is 1. The molecule has 0 spiro atoms. The van der Waals surface area contributed by atoms with Gasteiger partial charge in [-0.1, -0.05) is 35.9 Å². The molecular formula is C19H23ClN2OS. The first-order chi connectivity index (χ1) is 11.5. The van der Waals surface area contributed by atoms with Gasteiger partial charge in [0.2, 0.25) is 5.91 Å². The number of halogens is 1. The third-order valence-corrected chi connectivity index (χ3v) is 4.72. The number of nitrogens with one attached hydrogen (secondary N) is 1. The number of thioether (sulfide) groups is 1. The third-order valence-electron chi connectivity index (χ3n) is 3.48. The Morgan fingerprint density at radius 1 is 1.12 bits per heavy atom. The first-order valence-corrected chi connectivity index (χ1v) is 9.42. The van der Waals surface area contributed by atoms with Gasteiger partial charge in [-0.05, 0) is 55.9 Å². The van der Waals surface area contributed by atoms with Crippen LogP contribution >= 0.6 is 23.4 Å². The summed E-state index contributed by atoms with van der Waals surface area (Å²) in [7, 11) is 4.13. The Labute approximate surface area is 153 Å². The second kappa shape index (κ2) is 9.72. The van der Waals surface area contributed by atoms with Crippen molar-refractivity contribution in [2.75, 3.05) is 31.7 Å². The number of nitrogens with zero attached hydrogens (tertiary/aromatic N) is 1. The molecule has 0 saturated carbocycles. The minimum absolute atomic E-state index is 0.0167. The molecule has 0 radical (unpaired) electrons. The minimum Gasteiger partial charge on any atom is -0.325 e. The molecule has 1 amide bonds. The number of hydrogen-bond donors (Lipinski definition) is 1. The zero-order chi connectivity index (χ0) is 17.4. The van der Waals surface area contributed by atoms with Crippen molar-refractivity contribution in [2.45, 2.75) is 12.2 Å². The first-order valence-electron chi connectivity index (χ1n) is 7.88. The van der Waals surface area contributed by atoms with Gasteiger partial charge in [0, 0.05) is 23.0 Å². The van der Waals surface area contributed by atoms with Gasteiger partial charge in [0.15, 0.2) is 0 Å². The maximum atomic E-state index is 12.0. The Balaban J connectivity index is 1.73. The van der Waals surface area contributed by atoms with Crippen LogP contribution in [0.4, 0.5) is 5.69 Å². The zero-order valence-electron chi connectivity index (χ0n) is 14.1. The summed E-state index contributed by atoms with van der Waals surface area (Å²) >= 11 is 7.54. The molecule has 5 heteroatoms. The lowest BCUT2D eigenvalue weighted by molar-refractivity contribution is -0.113. The molecule has 0 aromatic heterocycles. The van der Waals surface area contributed by atoms with Gasteiger partial charge in [0.1, 0.15) is 0 Å². The van der Waals surface area contributed by atoms with Gasteiger partial charge in [0.05, 0.1) is 5.75 Å². The molecule has 0 aliphatic rings. The summed E-state index contributed by atoms with van der Waals surface area (Å²) in [6, 6.07) is 15.8. The van der Waals surface area contributed by atoms with Crippen molar-refractivity contribution >= 4 is 35.0 Å². The largest absolute Gasteiger partial charge is 0.325 e. The SMILES string of the molecule is CN(C)CCc1ccc(NC(=O)CSCc2cccc(Cl)c2)cc1. The molecule has 0 aliphatic heterocycles. The van der Waals surface area contributed by atoms with Gasteiger partial charge >= 0.3 is 0 Å². The Hall–Kier alpha value is -1.49. The van der Waals surface area contributed by atoms with Crippen LogP contribution in [0.25, 0.3) is 0 Å². The number of carbonyl (C=O) groups excluding carboxylic acids is 1.